The van der Waals surface area contributed by atoms with E-state index in [1.54, 1.807) is 17.0 Å². The minimum Gasteiger partial charge on any atom is -0.351 e. The Hall–Kier alpha value is -3.05. The summed E-state index contributed by atoms with van der Waals surface area (Å²) < 4.78 is 0. The fourth-order valence-electron chi connectivity index (χ4n) is 6.02. The number of para-hydroxylation sites is 1. The molecule has 1 saturated carbocycles. The molecule has 0 bridgehead atoms. The molecule has 1 unspecified atom stereocenters. The van der Waals surface area contributed by atoms with Gasteiger partial charge >= 0.3 is 0 Å². The van der Waals surface area contributed by atoms with Crippen LogP contribution < -0.4 is 10.6 Å². The highest BCUT2D eigenvalue weighted by molar-refractivity contribution is 6.35. The first-order valence-electron chi connectivity index (χ1n) is 12.7. The van der Waals surface area contributed by atoms with Crippen molar-refractivity contribution in [2.45, 2.75) is 76.4 Å². The van der Waals surface area contributed by atoms with E-state index in [0.717, 1.165) is 31.1 Å². The number of benzene rings is 1. The molecule has 1 aliphatic carbocycles. The monoisotopic (exact) mass is 509 g/mol. The fourth-order valence-corrected chi connectivity index (χ4v) is 6.25. The van der Waals surface area contributed by atoms with Crippen LogP contribution >= 0.6 is 11.6 Å². The van der Waals surface area contributed by atoms with E-state index >= 15 is 0 Å². The molecule has 5 rings (SSSR count). The topological polar surface area (TPSA) is 118 Å². The molecule has 190 valence electrons. The molecule has 8 nitrogen and oxygen atoms in total. The van der Waals surface area contributed by atoms with Gasteiger partial charge in [0.25, 0.3) is 5.91 Å². The Morgan fingerprint density at radius 2 is 2.08 bits per heavy atom. The van der Waals surface area contributed by atoms with Crippen molar-refractivity contribution in [2.75, 3.05) is 6.54 Å². The van der Waals surface area contributed by atoms with Gasteiger partial charge in [-0.3, -0.25) is 14.4 Å². The van der Waals surface area contributed by atoms with E-state index in [4.69, 9.17) is 11.6 Å². The number of carbonyl (C=O) groups excluding carboxylic acids is 3. The Labute approximate surface area is 215 Å². The first kappa shape index (κ1) is 24.6. The van der Waals surface area contributed by atoms with Gasteiger partial charge in [0.1, 0.15) is 17.8 Å². The van der Waals surface area contributed by atoms with Gasteiger partial charge in [-0.2, -0.15) is 5.26 Å². The average molecular weight is 510 g/mol. The summed E-state index contributed by atoms with van der Waals surface area (Å²) in [5.41, 5.74) is 0.788. The maximum absolute atomic E-state index is 13.6. The number of carbonyl (C=O) groups is 3. The maximum atomic E-state index is 13.6. The molecule has 2 saturated heterocycles. The second-order valence-electron chi connectivity index (χ2n) is 11.4. The van der Waals surface area contributed by atoms with E-state index in [-0.39, 0.29) is 41.0 Å². The number of nitriles is 1. The summed E-state index contributed by atoms with van der Waals surface area (Å²) in [6.45, 7) is 4.48. The Morgan fingerprint density at radius 3 is 2.72 bits per heavy atom. The third-order valence-corrected chi connectivity index (χ3v) is 8.58. The van der Waals surface area contributed by atoms with E-state index in [0.29, 0.717) is 35.6 Å². The lowest BCUT2D eigenvalue weighted by Crippen LogP contribution is -2.53. The quantitative estimate of drug-likeness (QED) is 0.566. The normalized spacial score (nSPS) is 25.2. The van der Waals surface area contributed by atoms with E-state index < -0.39 is 12.1 Å². The van der Waals surface area contributed by atoms with Gasteiger partial charge in [-0.15, -0.1) is 0 Å². The lowest BCUT2D eigenvalue weighted by molar-refractivity contribution is -0.130. The summed E-state index contributed by atoms with van der Waals surface area (Å²) in [5.74, 6) is -0.972. The largest absolute Gasteiger partial charge is 0.351 e. The third-order valence-electron chi connectivity index (χ3n) is 8.26. The number of nitrogens with one attached hydrogen (secondary N) is 3. The Bertz CT molecular complexity index is 1260. The lowest BCUT2D eigenvalue weighted by atomic mass is 9.67. The molecule has 9 heteroatoms. The zero-order valence-electron chi connectivity index (χ0n) is 20.7. The van der Waals surface area contributed by atoms with Crippen molar-refractivity contribution in [1.82, 2.24) is 20.5 Å². The van der Waals surface area contributed by atoms with Gasteiger partial charge in [0.15, 0.2) is 0 Å². The number of halogens is 1. The number of piperidine rings is 1. The number of rotatable bonds is 5. The highest BCUT2D eigenvalue weighted by atomic mass is 35.5. The van der Waals surface area contributed by atoms with Crippen LogP contribution in [0.2, 0.25) is 5.02 Å². The molecule has 2 aliphatic heterocycles. The third kappa shape index (κ3) is 4.57. The van der Waals surface area contributed by atoms with Gasteiger partial charge in [-0.25, -0.2) is 0 Å². The molecule has 0 radical (unpaired) electrons. The summed E-state index contributed by atoms with van der Waals surface area (Å²) in [6.07, 6.45) is 5.40. The number of amides is 3. The molecule has 3 N–H and O–H groups in total. The van der Waals surface area contributed by atoms with Crippen LogP contribution in [0.5, 0.6) is 0 Å². The Morgan fingerprint density at radius 1 is 1.31 bits per heavy atom. The van der Waals surface area contributed by atoms with Crippen molar-refractivity contribution >= 4 is 40.2 Å². The molecule has 3 amide bonds. The van der Waals surface area contributed by atoms with E-state index in [9.17, 15) is 19.6 Å². The molecular weight excluding hydrogens is 478 g/mol. The van der Waals surface area contributed by atoms with Crippen molar-refractivity contribution in [2.24, 2.45) is 11.3 Å². The van der Waals surface area contributed by atoms with Gasteiger partial charge in [0.05, 0.1) is 16.6 Å². The van der Waals surface area contributed by atoms with Crippen molar-refractivity contribution in [1.29, 1.82) is 5.26 Å². The highest BCUT2D eigenvalue weighted by Crippen LogP contribution is 2.50. The maximum Gasteiger partial charge on any atom is 0.271 e. The predicted octanol–water partition coefficient (Wildman–Crippen LogP) is 3.91. The van der Waals surface area contributed by atoms with Gasteiger partial charge in [-0.1, -0.05) is 30.2 Å². The lowest BCUT2D eigenvalue weighted by Gasteiger charge is -2.37. The zero-order valence-corrected chi connectivity index (χ0v) is 21.5. The molecular formula is C27H32ClN5O3. The van der Waals surface area contributed by atoms with Crippen LogP contribution in [0.3, 0.4) is 0 Å². The van der Waals surface area contributed by atoms with E-state index in [1.165, 1.54) is 0 Å². The molecule has 1 spiro atoms. The second-order valence-corrected chi connectivity index (χ2v) is 11.8. The minimum absolute atomic E-state index is 0.0433. The number of fused-ring (bicyclic) bond motifs is 1. The number of H-pyrrole nitrogens is 1. The highest BCUT2D eigenvalue weighted by Gasteiger charge is 2.52. The molecule has 36 heavy (non-hydrogen) atoms. The van der Waals surface area contributed by atoms with Gasteiger partial charge in [0, 0.05) is 23.4 Å². The van der Waals surface area contributed by atoms with Crippen LogP contribution in [0.1, 0.15) is 69.3 Å². The Kier molecular flexibility index (Phi) is 6.24. The van der Waals surface area contributed by atoms with E-state index in [1.807, 2.05) is 26.0 Å². The van der Waals surface area contributed by atoms with Crippen molar-refractivity contribution < 1.29 is 14.4 Å². The molecule has 1 aromatic carbocycles. The van der Waals surface area contributed by atoms with Crippen LogP contribution in [0.4, 0.5) is 0 Å². The molecule has 3 fully saturated rings. The summed E-state index contributed by atoms with van der Waals surface area (Å²) in [4.78, 5) is 44.4. The van der Waals surface area contributed by atoms with Crippen LogP contribution in [0.25, 0.3) is 10.9 Å². The first-order valence-corrected chi connectivity index (χ1v) is 13.1. The van der Waals surface area contributed by atoms with Crippen molar-refractivity contribution in [3.05, 3.63) is 35.0 Å². The number of nitrogens with zero attached hydrogens (tertiary/aromatic N) is 2. The number of hydrogen-bond acceptors (Lipinski definition) is 4. The zero-order chi connectivity index (χ0) is 25.7. The van der Waals surface area contributed by atoms with Gasteiger partial charge < -0.3 is 20.5 Å². The fraction of sp³-hybridized carbons (Fsp3) is 0.556. The molecule has 3 atom stereocenters. The van der Waals surface area contributed by atoms with Crippen molar-refractivity contribution in [3.63, 3.8) is 0 Å². The van der Waals surface area contributed by atoms with Gasteiger partial charge in [0.2, 0.25) is 11.8 Å². The molecule has 3 aliphatic rings. The number of aromatic amines is 1. The van der Waals surface area contributed by atoms with Crippen molar-refractivity contribution in [3.8, 4) is 6.07 Å². The minimum atomic E-state index is -0.795. The summed E-state index contributed by atoms with van der Waals surface area (Å²) in [6, 6.07) is 7.95. The van der Waals surface area contributed by atoms with Crippen LogP contribution in [0, 0.1) is 22.7 Å². The van der Waals surface area contributed by atoms with Crippen LogP contribution in [0.15, 0.2) is 24.3 Å². The first-order chi connectivity index (χ1) is 17.1. The van der Waals surface area contributed by atoms with Crippen LogP contribution in [-0.4, -0.2) is 51.8 Å². The number of aromatic nitrogens is 1. The molecule has 1 aromatic heterocycles. The SMILES string of the molecule is CC1(C)CC[C@@H](C[C@@H](C#N)NC(=O)C2CC3(CCC3)CN2C(=O)c2cc3cccc(Cl)c3[nH]2)C(=O)N1. The average Bonchev–Trinajstić information content (AvgIpc) is 3.43. The van der Waals surface area contributed by atoms with Gasteiger partial charge in [-0.05, 0) is 69.9 Å². The predicted molar refractivity (Wildman–Crippen MR) is 136 cm³/mol. The molecule has 3 heterocycles. The van der Waals surface area contributed by atoms with E-state index in [2.05, 4.69) is 21.7 Å². The molecule has 2 aromatic rings. The Balaban J connectivity index is 1.32. The summed E-state index contributed by atoms with van der Waals surface area (Å²) in [5, 5.41) is 17.0. The number of likely N-dealkylation sites (tertiary alicyclic amines) is 1. The summed E-state index contributed by atoms with van der Waals surface area (Å²) >= 11 is 6.29. The summed E-state index contributed by atoms with van der Waals surface area (Å²) in [7, 11) is 0. The van der Waals surface area contributed by atoms with Crippen LogP contribution in [-0.2, 0) is 9.59 Å². The second kappa shape index (κ2) is 9.11. The number of hydrogen-bond donors (Lipinski definition) is 3. The smallest absolute Gasteiger partial charge is 0.271 e. The standard InChI is InChI=1S/C27H32ClN5O3/c1-26(2)10-7-17(23(34)32-26)11-18(14-29)30-24(35)21-13-27(8-4-9-27)15-33(21)25(36)20-12-16-5-3-6-19(28)22(16)31-20/h3,5-6,12,17-18,21,31H,4,7-11,13,15H2,1-2H3,(H,30,35)(H,32,34)/t17-,18-,21?/m0/s1.